The van der Waals surface area contributed by atoms with Crippen LogP contribution in [0.15, 0.2) is 42.9 Å². The highest BCUT2D eigenvalue weighted by Gasteiger charge is 2.29. The van der Waals surface area contributed by atoms with Crippen molar-refractivity contribution in [3.8, 4) is 22.6 Å². The first kappa shape index (κ1) is 26.4. The molecule has 1 unspecified atom stereocenters. The molecule has 0 bridgehead atoms. The van der Waals surface area contributed by atoms with E-state index < -0.39 is 5.60 Å². The summed E-state index contributed by atoms with van der Waals surface area (Å²) >= 11 is 0. The van der Waals surface area contributed by atoms with Crippen LogP contribution in [-0.2, 0) is 16.5 Å². The standard InChI is InChI=1S/C30H37N7O3/c1-30(2,3)40-29(38)36-13-11-20(12-14-36)23-8-7-9-24(33-23)28-22-16-25(21-17-32-35(4)19-21)31-18-26(22)37(34-28)27-10-5-6-15-39-27/h7-9,16-20,27H,5-6,10-15H2,1-4H3. The van der Waals surface area contributed by atoms with Crippen LogP contribution in [0.3, 0.4) is 0 Å². The van der Waals surface area contributed by atoms with E-state index in [0.717, 1.165) is 78.0 Å². The number of rotatable bonds is 4. The van der Waals surface area contributed by atoms with E-state index in [2.05, 4.69) is 23.3 Å². The minimum Gasteiger partial charge on any atom is -0.444 e. The topological polar surface area (TPSA) is 100 Å². The van der Waals surface area contributed by atoms with Crippen molar-refractivity contribution in [2.75, 3.05) is 19.7 Å². The Morgan fingerprint density at radius 2 is 1.90 bits per heavy atom. The fourth-order valence-electron chi connectivity index (χ4n) is 5.57. The number of piperidine rings is 1. The average molecular weight is 544 g/mol. The molecule has 40 heavy (non-hydrogen) atoms. The number of aromatic nitrogens is 6. The maximum absolute atomic E-state index is 12.5. The first-order valence-corrected chi connectivity index (χ1v) is 14.2. The van der Waals surface area contributed by atoms with Crippen LogP contribution in [0.4, 0.5) is 4.79 Å². The minimum absolute atomic E-state index is 0.114. The first-order chi connectivity index (χ1) is 19.2. The molecule has 4 aromatic rings. The Labute approximate surface area is 234 Å². The molecule has 2 aliphatic heterocycles. The summed E-state index contributed by atoms with van der Waals surface area (Å²) in [6.07, 6.45) is 10.1. The van der Waals surface area contributed by atoms with Gasteiger partial charge in [-0.1, -0.05) is 6.07 Å². The number of pyridine rings is 2. The van der Waals surface area contributed by atoms with Crippen molar-refractivity contribution in [3.05, 3.63) is 48.5 Å². The van der Waals surface area contributed by atoms with Gasteiger partial charge in [-0.3, -0.25) is 14.6 Å². The van der Waals surface area contributed by atoms with E-state index in [-0.39, 0.29) is 18.2 Å². The number of amides is 1. The van der Waals surface area contributed by atoms with Crippen molar-refractivity contribution in [1.82, 2.24) is 34.4 Å². The summed E-state index contributed by atoms with van der Waals surface area (Å²) in [4.78, 5) is 24.2. The van der Waals surface area contributed by atoms with Gasteiger partial charge in [-0.05, 0) is 71.1 Å². The van der Waals surface area contributed by atoms with Gasteiger partial charge in [0, 0.05) is 55.5 Å². The Morgan fingerprint density at radius 3 is 2.60 bits per heavy atom. The SMILES string of the molecule is Cn1cc(-c2cc3c(-c4cccc(C5CCN(C(=O)OC(C)(C)C)CC5)n4)nn(C4CCCCO4)c3cn2)cn1. The molecule has 0 radical (unpaired) electrons. The molecule has 1 amide bonds. The Morgan fingerprint density at radius 1 is 1.07 bits per heavy atom. The summed E-state index contributed by atoms with van der Waals surface area (Å²) in [6, 6.07) is 8.26. The van der Waals surface area contributed by atoms with Gasteiger partial charge in [-0.25, -0.2) is 9.48 Å². The number of nitrogens with zero attached hydrogens (tertiary/aromatic N) is 7. The maximum Gasteiger partial charge on any atom is 0.410 e. The molecular formula is C30H37N7O3. The fourth-order valence-corrected chi connectivity index (χ4v) is 5.57. The third kappa shape index (κ3) is 5.45. The number of carbonyl (C=O) groups excluding carboxylic acids is 1. The zero-order valence-electron chi connectivity index (χ0n) is 23.7. The van der Waals surface area contributed by atoms with Gasteiger partial charge in [-0.2, -0.15) is 10.2 Å². The lowest BCUT2D eigenvalue weighted by molar-refractivity contribution is -0.0365. The number of ether oxygens (including phenoxy) is 2. The Hall–Kier alpha value is -3.79. The van der Waals surface area contributed by atoms with Gasteiger partial charge >= 0.3 is 6.09 Å². The zero-order valence-corrected chi connectivity index (χ0v) is 23.7. The van der Waals surface area contributed by atoms with Crippen molar-refractivity contribution in [2.24, 2.45) is 7.05 Å². The predicted octanol–water partition coefficient (Wildman–Crippen LogP) is 5.71. The van der Waals surface area contributed by atoms with Gasteiger partial charge in [0.25, 0.3) is 0 Å². The fraction of sp³-hybridized carbons (Fsp3) is 0.500. The van der Waals surface area contributed by atoms with E-state index in [1.54, 1.807) is 9.58 Å². The average Bonchev–Trinajstić information content (AvgIpc) is 3.56. The number of hydrogen-bond acceptors (Lipinski definition) is 7. The highest BCUT2D eigenvalue weighted by atomic mass is 16.6. The molecule has 0 spiro atoms. The van der Waals surface area contributed by atoms with Crippen molar-refractivity contribution >= 4 is 17.0 Å². The minimum atomic E-state index is -0.495. The maximum atomic E-state index is 12.5. The third-order valence-electron chi connectivity index (χ3n) is 7.60. The molecule has 2 aliphatic rings. The number of fused-ring (bicyclic) bond motifs is 1. The molecule has 1 atom stereocenters. The Bertz CT molecular complexity index is 1510. The van der Waals surface area contributed by atoms with Gasteiger partial charge in [0.2, 0.25) is 0 Å². The lowest BCUT2D eigenvalue weighted by atomic mass is 9.93. The van der Waals surface area contributed by atoms with E-state index in [0.29, 0.717) is 13.1 Å². The number of likely N-dealkylation sites (tertiary alicyclic amines) is 1. The molecule has 0 aromatic carbocycles. The lowest BCUT2D eigenvalue weighted by Gasteiger charge is -2.33. The summed E-state index contributed by atoms with van der Waals surface area (Å²) in [6.45, 7) is 7.74. The van der Waals surface area contributed by atoms with Crippen LogP contribution in [0.1, 0.15) is 70.7 Å². The van der Waals surface area contributed by atoms with E-state index in [4.69, 9.17) is 24.5 Å². The molecule has 4 aromatic heterocycles. The van der Waals surface area contributed by atoms with Gasteiger partial charge in [0.1, 0.15) is 11.3 Å². The highest BCUT2D eigenvalue weighted by molar-refractivity contribution is 5.94. The summed E-state index contributed by atoms with van der Waals surface area (Å²) in [7, 11) is 1.90. The van der Waals surface area contributed by atoms with Crippen LogP contribution in [0.25, 0.3) is 33.5 Å². The van der Waals surface area contributed by atoms with E-state index in [1.807, 2.05) is 57.2 Å². The summed E-state index contributed by atoms with van der Waals surface area (Å²) < 4.78 is 15.4. The molecule has 2 saturated heterocycles. The van der Waals surface area contributed by atoms with Crippen molar-refractivity contribution in [2.45, 2.75) is 70.6 Å². The van der Waals surface area contributed by atoms with Crippen LogP contribution >= 0.6 is 0 Å². The van der Waals surface area contributed by atoms with Crippen LogP contribution < -0.4 is 0 Å². The highest BCUT2D eigenvalue weighted by Crippen LogP contribution is 2.35. The van der Waals surface area contributed by atoms with Crippen molar-refractivity contribution < 1.29 is 14.3 Å². The number of hydrogen-bond donors (Lipinski definition) is 0. The second kappa shape index (κ2) is 10.6. The summed E-state index contributed by atoms with van der Waals surface area (Å²) in [5, 5.41) is 10.4. The Kier molecular flexibility index (Phi) is 7.04. The van der Waals surface area contributed by atoms with E-state index >= 15 is 0 Å². The van der Waals surface area contributed by atoms with Gasteiger partial charge in [0.15, 0.2) is 6.23 Å². The molecule has 6 rings (SSSR count). The van der Waals surface area contributed by atoms with Gasteiger partial charge in [-0.15, -0.1) is 0 Å². The zero-order chi connectivity index (χ0) is 27.9. The summed E-state index contributed by atoms with van der Waals surface area (Å²) in [5.74, 6) is 0.265. The van der Waals surface area contributed by atoms with E-state index in [9.17, 15) is 4.79 Å². The van der Waals surface area contributed by atoms with Crippen molar-refractivity contribution in [1.29, 1.82) is 0 Å². The van der Waals surface area contributed by atoms with E-state index in [1.165, 1.54) is 0 Å². The van der Waals surface area contributed by atoms with Crippen LogP contribution in [0, 0.1) is 0 Å². The summed E-state index contributed by atoms with van der Waals surface area (Å²) in [5.41, 5.74) is 4.92. The Balaban J connectivity index is 1.31. The molecule has 0 saturated carbocycles. The molecule has 6 heterocycles. The molecular weight excluding hydrogens is 506 g/mol. The molecule has 0 aliphatic carbocycles. The quantitative estimate of drug-likeness (QED) is 0.325. The smallest absolute Gasteiger partial charge is 0.410 e. The van der Waals surface area contributed by atoms with Crippen molar-refractivity contribution in [3.63, 3.8) is 0 Å². The second-order valence-electron chi connectivity index (χ2n) is 11.8. The first-order valence-electron chi connectivity index (χ1n) is 14.2. The van der Waals surface area contributed by atoms with Gasteiger partial charge < -0.3 is 14.4 Å². The third-order valence-corrected chi connectivity index (χ3v) is 7.60. The number of aryl methyl sites for hydroxylation is 1. The molecule has 0 N–H and O–H groups in total. The number of carbonyl (C=O) groups is 1. The molecule has 2 fully saturated rings. The predicted molar refractivity (Wildman–Crippen MR) is 152 cm³/mol. The lowest BCUT2D eigenvalue weighted by Crippen LogP contribution is -2.41. The van der Waals surface area contributed by atoms with Crippen LogP contribution in [0.2, 0.25) is 0 Å². The van der Waals surface area contributed by atoms with Crippen LogP contribution in [0.5, 0.6) is 0 Å². The second-order valence-corrected chi connectivity index (χ2v) is 11.8. The molecule has 210 valence electrons. The van der Waals surface area contributed by atoms with Crippen LogP contribution in [-0.4, -0.2) is 65.8 Å². The normalized spacial score (nSPS) is 18.8. The molecule has 10 heteroatoms. The largest absolute Gasteiger partial charge is 0.444 e. The van der Waals surface area contributed by atoms with Gasteiger partial charge in [0.05, 0.1) is 29.3 Å². The molecule has 10 nitrogen and oxygen atoms in total. The monoisotopic (exact) mass is 543 g/mol.